The fraction of sp³-hybridized carbons (Fsp3) is 0.900. The minimum Gasteiger partial charge on any atom is -0.459 e. The van der Waals surface area contributed by atoms with Crippen LogP contribution in [0.5, 0.6) is 0 Å². The summed E-state index contributed by atoms with van der Waals surface area (Å²) in [6.45, 7) is 7.62. The van der Waals surface area contributed by atoms with E-state index in [-0.39, 0.29) is 17.8 Å². The van der Waals surface area contributed by atoms with Crippen LogP contribution < -0.4 is 0 Å². The molecular formula is C20H26O9. The average molecular weight is 410 g/mol. The average Bonchev–Trinajstić information content (AvgIpc) is 3.31. The van der Waals surface area contributed by atoms with Gasteiger partial charge in [0.2, 0.25) is 11.9 Å². The van der Waals surface area contributed by atoms with Gasteiger partial charge in [0.15, 0.2) is 12.4 Å². The van der Waals surface area contributed by atoms with Gasteiger partial charge in [-0.15, -0.1) is 0 Å². The minimum atomic E-state index is -1.88. The molecule has 3 N–H and O–H groups in total. The van der Waals surface area contributed by atoms with Crippen molar-refractivity contribution in [1.29, 1.82) is 0 Å². The molecule has 4 saturated heterocycles. The topological polar surface area (TPSA) is 132 Å². The lowest BCUT2D eigenvalue weighted by Gasteiger charge is -2.46. The molecule has 0 radical (unpaired) electrons. The molecule has 4 heterocycles. The predicted octanol–water partition coefficient (Wildman–Crippen LogP) is -0.548. The highest BCUT2D eigenvalue weighted by atomic mass is 16.8. The standard InChI is InChI=1S/C20H26O9/c1-7-12(22)26-10-6-17-9-5-8(16(2,3)4)18(17)11(21)13(23)28-15(18)29-20(17,14(24)27-9)19(7,10)25/h7-12,15,21-22,25H,5-6H2,1-4H3/t7-,8+,9?,10?,11+,12?,15+,17?,18?,19-,20-/m1/s1. The maximum atomic E-state index is 13.3. The second-order valence-corrected chi connectivity index (χ2v) is 10.8. The first kappa shape index (κ1) is 18.5. The van der Waals surface area contributed by atoms with Crippen molar-refractivity contribution in [3.63, 3.8) is 0 Å². The summed E-state index contributed by atoms with van der Waals surface area (Å²) in [5.41, 5.74) is -6.57. The monoisotopic (exact) mass is 410 g/mol. The van der Waals surface area contributed by atoms with Crippen molar-refractivity contribution in [3.05, 3.63) is 0 Å². The van der Waals surface area contributed by atoms with E-state index >= 15 is 0 Å². The first-order valence-electron chi connectivity index (χ1n) is 10.2. The Balaban J connectivity index is 1.67. The van der Waals surface area contributed by atoms with Crippen LogP contribution in [0.15, 0.2) is 0 Å². The van der Waals surface area contributed by atoms with E-state index in [1.165, 1.54) is 0 Å². The molecular weight excluding hydrogens is 384 g/mol. The molecule has 6 rings (SSSR count). The van der Waals surface area contributed by atoms with Gasteiger partial charge in [0.25, 0.3) is 0 Å². The smallest absolute Gasteiger partial charge is 0.342 e. The Morgan fingerprint density at radius 3 is 2.45 bits per heavy atom. The van der Waals surface area contributed by atoms with Gasteiger partial charge in [0.1, 0.15) is 11.7 Å². The van der Waals surface area contributed by atoms with Crippen LogP contribution in [0.1, 0.15) is 40.5 Å². The van der Waals surface area contributed by atoms with Gasteiger partial charge in [-0.1, -0.05) is 27.7 Å². The molecule has 5 unspecified atom stereocenters. The SMILES string of the molecule is C[C@@H]1C(O)OC2CC34C5C[C@@H](C(C)(C)C)C36[C@@H](OC(=O)[C@@H]6O)O[C@@]4(C(=O)O5)[C@]21O. The number of carbonyl (C=O) groups excluding carboxylic acids is 2. The fourth-order valence-electron chi connectivity index (χ4n) is 8.19. The summed E-state index contributed by atoms with van der Waals surface area (Å²) in [7, 11) is 0. The van der Waals surface area contributed by atoms with Crippen LogP contribution in [0.25, 0.3) is 0 Å². The molecule has 2 aliphatic carbocycles. The van der Waals surface area contributed by atoms with E-state index in [1.54, 1.807) is 6.92 Å². The molecule has 0 amide bonds. The molecule has 0 aromatic rings. The number of hydrogen-bond donors (Lipinski definition) is 3. The summed E-state index contributed by atoms with van der Waals surface area (Å²) in [6, 6.07) is 0. The zero-order valence-corrected chi connectivity index (χ0v) is 16.7. The highest BCUT2D eigenvalue weighted by molar-refractivity contribution is 5.91. The van der Waals surface area contributed by atoms with Gasteiger partial charge >= 0.3 is 11.9 Å². The van der Waals surface area contributed by atoms with Crippen molar-refractivity contribution in [3.8, 4) is 0 Å². The van der Waals surface area contributed by atoms with Crippen LogP contribution in [0.4, 0.5) is 0 Å². The predicted molar refractivity (Wildman–Crippen MR) is 91.6 cm³/mol. The normalized spacial score (nSPS) is 62.0. The Labute approximate surface area is 167 Å². The van der Waals surface area contributed by atoms with Crippen LogP contribution >= 0.6 is 0 Å². The maximum Gasteiger partial charge on any atom is 0.342 e. The van der Waals surface area contributed by atoms with E-state index in [1.807, 2.05) is 20.8 Å². The van der Waals surface area contributed by atoms with Crippen LogP contribution in [0.3, 0.4) is 0 Å². The summed E-state index contributed by atoms with van der Waals surface area (Å²) in [6.07, 6.45) is -4.96. The molecule has 160 valence electrons. The molecule has 0 aromatic heterocycles. The lowest BCUT2D eigenvalue weighted by molar-refractivity contribution is -0.238. The molecule has 9 nitrogen and oxygen atoms in total. The molecule has 29 heavy (non-hydrogen) atoms. The van der Waals surface area contributed by atoms with Crippen LogP contribution in [-0.4, -0.2) is 69.4 Å². The maximum absolute atomic E-state index is 13.3. The second-order valence-electron chi connectivity index (χ2n) is 10.8. The van der Waals surface area contributed by atoms with E-state index in [2.05, 4.69) is 0 Å². The summed E-state index contributed by atoms with van der Waals surface area (Å²) in [5.74, 6) is -2.63. The molecule has 9 heteroatoms. The van der Waals surface area contributed by atoms with E-state index in [4.69, 9.17) is 18.9 Å². The summed E-state index contributed by atoms with van der Waals surface area (Å²) >= 11 is 0. The van der Waals surface area contributed by atoms with Gasteiger partial charge in [-0.25, -0.2) is 9.59 Å². The van der Waals surface area contributed by atoms with E-state index in [0.29, 0.717) is 6.42 Å². The highest BCUT2D eigenvalue weighted by Crippen LogP contribution is 2.84. The van der Waals surface area contributed by atoms with Crippen molar-refractivity contribution < 1.29 is 43.9 Å². The van der Waals surface area contributed by atoms with Crippen molar-refractivity contribution in [2.45, 2.75) is 82.6 Å². The minimum absolute atomic E-state index is 0.123. The Kier molecular flexibility index (Phi) is 2.97. The van der Waals surface area contributed by atoms with Crippen LogP contribution in [0, 0.1) is 28.1 Å². The molecule has 0 bridgehead atoms. The number of aliphatic hydroxyl groups excluding tert-OH is 2. The quantitative estimate of drug-likeness (QED) is 0.450. The zero-order chi connectivity index (χ0) is 20.9. The molecule has 6 fully saturated rings. The number of esters is 2. The third kappa shape index (κ3) is 1.41. The second kappa shape index (κ2) is 4.65. The number of fused-ring (bicyclic) bond motifs is 1. The van der Waals surface area contributed by atoms with Crippen LogP contribution in [-0.2, 0) is 28.5 Å². The van der Waals surface area contributed by atoms with Gasteiger partial charge in [-0.2, -0.15) is 0 Å². The third-order valence-electron chi connectivity index (χ3n) is 9.12. The fourth-order valence-corrected chi connectivity index (χ4v) is 8.19. The van der Waals surface area contributed by atoms with E-state index in [0.717, 1.165) is 0 Å². The highest BCUT2D eigenvalue weighted by Gasteiger charge is 3.00. The number of ether oxygens (including phenoxy) is 4. The van der Waals surface area contributed by atoms with Gasteiger partial charge in [0, 0.05) is 5.92 Å². The molecule has 11 atom stereocenters. The van der Waals surface area contributed by atoms with Gasteiger partial charge in [-0.3, -0.25) is 0 Å². The number of hydrogen-bond acceptors (Lipinski definition) is 9. The Morgan fingerprint density at radius 1 is 1.10 bits per heavy atom. The van der Waals surface area contributed by atoms with E-state index < -0.39 is 70.8 Å². The molecule has 4 aliphatic heterocycles. The Morgan fingerprint density at radius 2 is 1.79 bits per heavy atom. The lowest BCUT2D eigenvalue weighted by Crippen LogP contribution is -2.66. The summed E-state index contributed by atoms with van der Waals surface area (Å²) in [4.78, 5) is 25.9. The number of aliphatic hydroxyl groups is 3. The van der Waals surface area contributed by atoms with Crippen molar-refractivity contribution >= 4 is 11.9 Å². The van der Waals surface area contributed by atoms with Crippen molar-refractivity contribution in [1.82, 2.24) is 0 Å². The zero-order valence-electron chi connectivity index (χ0n) is 16.7. The molecule has 2 spiro atoms. The van der Waals surface area contributed by atoms with Gasteiger partial charge in [-0.05, 0) is 24.2 Å². The lowest BCUT2D eigenvalue weighted by atomic mass is 9.51. The first-order valence-corrected chi connectivity index (χ1v) is 10.2. The molecule has 0 aromatic carbocycles. The van der Waals surface area contributed by atoms with Crippen molar-refractivity contribution in [2.75, 3.05) is 0 Å². The number of rotatable bonds is 0. The third-order valence-corrected chi connectivity index (χ3v) is 9.12. The number of carbonyl (C=O) groups is 2. The first-order chi connectivity index (χ1) is 13.4. The van der Waals surface area contributed by atoms with Crippen LogP contribution in [0.2, 0.25) is 0 Å². The molecule has 2 saturated carbocycles. The summed E-state index contributed by atoms with van der Waals surface area (Å²) in [5, 5.41) is 33.4. The molecule has 6 aliphatic rings. The largest absolute Gasteiger partial charge is 0.459 e. The van der Waals surface area contributed by atoms with Crippen molar-refractivity contribution in [2.24, 2.45) is 28.1 Å². The van der Waals surface area contributed by atoms with E-state index in [9.17, 15) is 24.9 Å². The summed E-state index contributed by atoms with van der Waals surface area (Å²) < 4.78 is 23.2. The van der Waals surface area contributed by atoms with Gasteiger partial charge < -0.3 is 34.3 Å². The Hall–Kier alpha value is -1.26. The van der Waals surface area contributed by atoms with Gasteiger partial charge in [0.05, 0.1) is 16.9 Å². The Bertz CT molecular complexity index is 851.